The summed E-state index contributed by atoms with van der Waals surface area (Å²) in [6.45, 7) is 2.39. The van der Waals surface area contributed by atoms with E-state index in [0.29, 0.717) is 11.8 Å². The van der Waals surface area contributed by atoms with Gasteiger partial charge in [-0.2, -0.15) is 0 Å². The van der Waals surface area contributed by atoms with E-state index < -0.39 is 0 Å². The van der Waals surface area contributed by atoms with E-state index >= 15 is 0 Å². The van der Waals surface area contributed by atoms with Crippen molar-refractivity contribution < 1.29 is 4.74 Å². The Morgan fingerprint density at radius 1 is 0.812 bits per heavy atom. The first-order valence-corrected chi connectivity index (χ1v) is 12.8. The molecule has 0 bridgehead atoms. The third kappa shape index (κ3) is 3.44. The van der Waals surface area contributed by atoms with E-state index in [9.17, 15) is 0 Å². The van der Waals surface area contributed by atoms with Crippen molar-refractivity contribution >= 4 is 6.08 Å². The number of hydrogen-bond donors (Lipinski definition) is 0. The molecular weight excluding hydrogens is 390 g/mol. The van der Waals surface area contributed by atoms with Crippen molar-refractivity contribution in [1.82, 2.24) is 4.90 Å². The van der Waals surface area contributed by atoms with E-state index in [1.165, 1.54) is 86.9 Å². The first kappa shape index (κ1) is 20.3. The van der Waals surface area contributed by atoms with Gasteiger partial charge in [-0.1, -0.05) is 67.1 Å². The summed E-state index contributed by atoms with van der Waals surface area (Å²) >= 11 is 0. The van der Waals surface area contributed by atoms with Gasteiger partial charge in [-0.3, -0.25) is 4.90 Å². The van der Waals surface area contributed by atoms with E-state index in [1.54, 1.807) is 5.57 Å². The topological polar surface area (TPSA) is 12.5 Å². The fourth-order valence-corrected chi connectivity index (χ4v) is 6.99. The largest absolute Gasteiger partial charge is 0.472 e. The molecule has 32 heavy (non-hydrogen) atoms. The van der Waals surface area contributed by atoms with Crippen LogP contribution in [0.3, 0.4) is 0 Å². The van der Waals surface area contributed by atoms with Crippen LogP contribution in [-0.2, 0) is 4.74 Å². The molecule has 166 valence electrons. The van der Waals surface area contributed by atoms with Gasteiger partial charge in [0.05, 0.1) is 0 Å². The monoisotopic (exact) mass is 425 g/mol. The van der Waals surface area contributed by atoms with Gasteiger partial charge >= 0.3 is 0 Å². The molecule has 0 radical (unpaired) electrons. The molecule has 1 saturated heterocycles. The van der Waals surface area contributed by atoms with Crippen molar-refractivity contribution in [1.29, 1.82) is 0 Å². The maximum Gasteiger partial charge on any atom is 0.167 e. The molecule has 0 aromatic heterocycles. The molecule has 3 atom stereocenters. The molecule has 1 saturated carbocycles. The number of hydrogen-bond acceptors (Lipinski definition) is 2. The number of nitrogens with zero attached hydrogens (tertiary/aromatic N) is 1. The van der Waals surface area contributed by atoms with Gasteiger partial charge in [-0.15, -0.1) is 0 Å². The lowest BCUT2D eigenvalue weighted by Crippen LogP contribution is -2.60. The summed E-state index contributed by atoms with van der Waals surface area (Å²) in [5.74, 6) is 2.30. The van der Waals surface area contributed by atoms with Crippen LogP contribution in [0.5, 0.6) is 0 Å². The Morgan fingerprint density at radius 2 is 1.56 bits per heavy atom. The lowest BCUT2D eigenvalue weighted by Gasteiger charge is -2.56. The third-order valence-corrected chi connectivity index (χ3v) is 8.35. The summed E-state index contributed by atoms with van der Waals surface area (Å²) in [6, 6.07) is 22.2. The Kier molecular flexibility index (Phi) is 5.43. The molecule has 2 nitrogen and oxygen atoms in total. The first-order valence-electron chi connectivity index (χ1n) is 12.8. The van der Waals surface area contributed by atoms with E-state index in [-0.39, 0.29) is 5.72 Å². The maximum absolute atomic E-state index is 7.34. The van der Waals surface area contributed by atoms with Crippen LogP contribution < -0.4 is 0 Å². The smallest absolute Gasteiger partial charge is 0.167 e. The summed E-state index contributed by atoms with van der Waals surface area (Å²) in [4.78, 5) is 2.74. The lowest BCUT2D eigenvalue weighted by molar-refractivity contribution is -0.190. The van der Waals surface area contributed by atoms with Crippen molar-refractivity contribution in [3.8, 4) is 0 Å². The number of rotatable bonds is 3. The van der Waals surface area contributed by atoms with Gasteiger partial charge in [0.2, 0.25) is 0 Å². The SMILES string of the molecule is C(=C1/CCCC2=C1O[C@]1(N3CCCC3)CCCC[C@@H]1[C@@H]2c1ccccc1)/c1ccccc1. The fraction of sp³-hybridized carbons (Fsp3) is 0.467. The summed E-state index contributed by atoms with van der Waals surface area (Å²) < 4.78 is 7.34. The predicted octanol–water partition coefficient (Wildman–Crippen LogP) is 7.30. The van der Waals surface area contributed by atoms with Gasteiger partial charge in [-0.25, -0.2) is 0 Å². The molecule has 0 amide bonds. The number of fused-ring (bicyclic) bond motifs is 1. The van der Waals surface area contributed by atoms with E-state index in [1.807, 2.05) is 0 Å². The highest BCUT2D eigenvalue weighted by atomic mass is 16.5. The Labute approximate surface area is 193 Å². The molecule has 2 heteroatoms. The second kappa shape index (κ2) is 8.56. The zero-order valence-corrected chi connectivity index (χ0v) is 19.1. The molecule has 2 aromatic carbocycles. The zero-order valence-electron chi connectivity index (χ0n) is 19.1. The molecule has 6 rings (SSSR count). The van der Waals surface area contributed by atoms with Crippen LogP contribution in [0.1, 0.15) is 74.8 Å². The molecule has 2 aliphatic carbocycles. The number of allylic oxidation sites excluding steroid dienone is 2. The van der Waals surface area contributed by atoms with Crippen molar-refractivity contribution in [3.05, 3.63) is 88.7 Å². The Morgan fingerprint density at radius 3 is 2.34 bits per heavy atom. The molecule has 0 N–H and O–H groups in total. The van der Waals surface area contributed by atoms with Crippen LogP contribution >= 0.6 is 0 Å². The normalized spacial score (nSPS) is 31.8. The number of ether oxygens (including phenoxy) is 1. The van der Waals surface area contributed by atoms with Gasteiger partial charge in [0, 0.05) is 31.3 Å². The number of benzene rings is 2. The first-order chi connectivity index (χ1) is 15.9. The minimum atomic E-state index is -0.124. The highest BCUT2D eigenvalue weighted by Gasteiger charge is 2.56. The summed E-state index contributed by atoms with van der Waals surface area (Å²) in [5.41, 5.74) is 5.66. The van der Waals surface area contributed by atoms with Crippen LogP contribution in [-0.4, -0.2) is 23.7 Å². The summed E-state index contributed by atoms with van der Waals surface area (Å²) in [5, 5.41) is 0. The molecular formula is C30H35NO. The minimum Gasteiger partial charge on any atom is -0.472 e. The van der Waals surface area contributed by atoms with Crippen LogP contribution in [0, 0.1) is 5.92 Å². The van der Waals surface area contributed by atoms with E-state index in [2.05, 4.69) is 71.6 Å². The minimum absolute atomic E-state index is 0.124. The third-order valence-electron chi connectivity index (χ3n) is 8.35. The van der Waals surface area contributed by atoms with Crippen LogP contribution in [0.25, 0.3) is 6.08 Å². The molecule has 2 heterocycles. The van der Waals surface area contributed by atoms with Gasteiger partial charge in [0.1, 0.15) is 5.76 Å². The Hall–Kier alpha value is -2.32. The average Bonchev–Trinajstić information content (AvgIpc) is 3.40. The average molecular weight is 426 g/mol. The highest BCUT2D eigenvalue weighted by molar-refractivity contribution is 5.60. The molecule has 2 aromatic rings. The quantitative estimate of drug-likeness (QED) is 0.511. The van der Waals surface area contributed by atoms with Crippen LogP contribution in [0.4, 0.5) is 0 Å². The molecule has 0 spiro atoms. The standard InChI is InChI=1S/C30H35NO/c1-3-12-23(13-4-1)22-25-16-11-17-26-28(24-14-5-2-6-15-24)27-18-7-8-19-30(27,32-29(25)26)31-20-9-10-21-31/h1-6,12-15,22,27-28H,7-11,16-21H2/b25-22+/t27-,28-,30-/m1/s1. The Bertz CT molecular complexity index is 1000. The van der Waals surface area contributed by atoms with Crippen molar-refractivity contribution in [3.63, 3.8) is 0 Å². The van der Waals surface area contributed by atoms with Crippen LogP contribution in [0.15, 0.2) is 77.6 Å². The second-order valence-electron chi connectivity index (χ2n) is 10.2. The van der Waals surface area contributed by atoms with Gasteiger partial charge in [0.25, 0.3) is 0 Å². The van der Waals surface area contributed by atoms with Crippen molar-refractivity contribution in [2.24, 2.45) is 5.92 Å². The second-order valence-corrected chi connectivity index (χ2v) is 10.2. The fourth-order valence-electron chi connectivity index (χ4n) is 6.99. The summed E-state index contributed by atoms with van der Waals surface area (Å²) in [6.07, 6.45) is 13.6. The molecule has 2 aliphatic heterocycles. The maximum atomic E-state index is 7.34. The zero-order chi connectivity index (χ0) is 21.4. The Balaban J connectivity index is 1.52. The lowest BCUT2D eigenvalue weighted by atomic mass is 9.64. The molecule has 0 unspecified atom stereocenters. The van der Waals surface area contributed by atoms with Gasteiger partial charge in [-0.05, 0) is 73.3 Å². The highest BCUT2D eigenvalue weighted by Crippen LogP contribution is 2.58. The van der Waals surface area contributed by atoms with E-state index in [4.69, 9.17) is 4.74 Å². The van der Waals surface area contributed by atoms with Crippen LogP contribution in [0.2, 0.25) is 0 Å². The molecule has 4 aliphatic rings. The predicted molar refractivity (Wildman–Crippen MR) is 131 cm³/mol. The van der Waals surface area contributed by atoms with Gasteiger partial charge in [0.15, 0.2) is 5.72 Å². The summed E-state index contributed by atoms with van der Waals surface area (Å²) in [7, 11) is 0. The molecule has 2 fully saturated rings. The van der Waals surface area contributed by atoms with E-state index in [0.717, 1.165) is 6.42 Å². The van der Waals surface area contributed by atoms with Crippen molar-refractivity contribution in [2.75, 3.05) is 13.1 Å². The number of likely N-dealkylation sites (tertiary alicyclic amines) is 1. The van der Waals surface area contributed by atoms with Gasteiger partial charge < -0.3 is 4.74 Å². The van der Waals surface area contributed by atoms with Crippen molar-refractivity contribution in [2.45, 2.75) is 69.4 Å².